The number of hydrogen-bond acceptors (Lipinski definition) is 0. The van der Waals surface area contributed by atoms with Gasteiger partial charge in [-0.1, -0.05) is 123 Å². The Labute approximate surface area is 313 Å². The summed E-state index contributed by atoms with van der Waals surface area (Å²) in [4.78, 5) is 0. The van der Waals surface area contributed by atoms with Crippen LogP contribution in [0.5, 0.6) is 0 Å². The first-order valence-electron chi connectivity index (χ1n) is 19.1. The maximum absolute atomic E-state index is 4.18. The molecule has 3 heteroatoms. The first-order chi connectivity index (χ1) is 24.6. The summed E-state index contributed by atoms with van der Waals surface area (Å²) in [6, 6.07) is 35.1. The highest BCUT2D eigenvalue weighted by Gasteiger charge is 2.19. The second kappa shape index (κ2) is 14.7. The summed E-state index contributed by atoms with van der Waals surface area (Å²) in [5.41, 5.74) is 7.12. The smallest absolute Gasteiger partial charge is 0.0491 e. The highest BCUT2D eigenvalue weighted by molar-refractivity contribution is 9.11. The quantitative estimate of drug-likeness (QED) is 0.0588. The molecule has 0 fully saturated rings. The van der Waals surface area contributed by atoms with Crippen LogP contribution in [0.3, 0.4) is 0 Å². The SMILES string of the molecule is CCCCCCc1ccc2c(c1)c1cc(CCCCCC)ccc1n2CCCc1cc2ccc(Br)c3c4cccc5cccc(c(c1Br)c23)c54. The summed E-state index contributed by atoms with van der Waals surface area (Å²) in [6.45, 7) is 5.59. The first kappa shape index (κ1) is 33.7. The van der Waals surface area contributed by atoms with E-state index in [4.69, 9.17) is 0 Å². The molecule has 254 valence electrons. The lowest BCUT2D eigenvalue weighted by Gasteiger charge is -2.19. The van der Waals surface area contributed by atoms with Crippen LogP contribution in [-0.2, 0) is 25.8 Å². The molecule has 0 unspecified atom stereocenters. The van der Waals surface area contributed by atoms with Crippen LogP contribution in [0.4, 0.5) is 0 Å². The van der Waals surface area contributed by atoms with Crippen molar-refractivity contribution in [2.45, 2.75) is 97.4 Å². The molecule has 1 heterocycles. The molecule has 0 bridgehead atoms. The van der Waals surface area contributed by atoms with Gasteiger partial charge in [0.15, 0.2) is 0 Å². The molecule has 0 amide bonds. The molecule has 0 atom stereocenters. The predicted molar refractivity (Wildman–Crippen MR) is 227 cm³/mol. The van der Waals surface area contributed by atoms with E-state index in [2.05, 4.69) is 141 Å². The molecular weight excluding hydrogens is 738 g/mol. The molecule has 0 aliphatic heterocycles. The summed E-state index contributed by atoms with van der Waals surface area (Å²) in [7, 11) is 0. The second-order valence-corrected chi connectivity index (χ2v) is 16.2. The van der Waals surface area contributed by atoms with E-state index in [0.717, 1.165) is 23.9 Å². The summed E-state index contributed by atoms with van der Waals surface area (Å²) in [5, 5.41) is 13.5. The van der Waals surface area contributed by atoms with Gasteiger partial charge in [-0.3, -0.25) is 0 Å². The van der Waals surface area contributed by atoms with Crippen LogP contribution in [0.15, 0.2) is 99.9 Å². The Morgan fingerprint density at radius 2 is 1.10 bits per heavy atom. The molecule has 0 spiro atoms. The zero-order chi connectivity index (χ0) is 34.2. The van der Waals surface area contributed by atoms with Crippen LogP contribution in [0, 0.1) is 0 Å². The van der Waals surface area contributed by atoms with E-state index in [0.29, 0.717) is 0 Å². The lowest BCUT2D eigenvalue weighted by Crippen LogP contribution is -2.01. The minimum atomic E-state index is 0.996. The van der Waals surface area contributed by atoms with Gasteiger partial charge in [0.1, 0.15) is 0 Å². The molecule has 0 N–H and O–H groups in total. The molecule has 0 aliphatic carbocycles. The zero-order valence-electron chi connectivity index (χ0n) is 29.6. The Morgan fingerprint density at radius 1 is 0.480 bits per heavy atom. The standard InChI is InChI=1S/C47H47Br2N/c1-3-5-7-9-14-31-21-25-41-38(28-31)39-29-32(15-10-8-6-4-2)22-26-42(39)50(41)27-13-18-35-30-34-23-24-40(48)45-36-19-11-16-33-17-12-20-37(43(33)36)46(44(34)45)47(35)49/h11-12,16-17,19-26,28-30H,3-10,13-15,18,27H2,1-2H3. The highest BCUT2D eigenvalue weighted by atomic mass is 79.9. The molecule has 1 nitrogen and oxygen atoms in total. The molecular formula is C47H47Br2N. The molecule has 1 aromatic heterocycles. The van der Waals surface area contributed by atoms with Crippen LogP contribution in [0.25, 0.3) is 64.9 Å². The van der Waals surface area contributed by atoms with Gasteiger partial charge in [-0.2, -0.15) is 0 Å². The van der Waals surface area contributed by atoms with Crippen molar-refractivity contribution in [2.24, 2.45) is 0 Å². The summed E-state index contributed by atoms with van der Waals surface area (Å²) >= 11 is 8.12. The fraction of sp³-hybridized carbons (Fsp3) is 0.319. The third-order valence-corrected chi connectivity index (χ3v) is 12.7. The largest absolute Gasteiger partial charge is 0.340 e. The molecule has 8 aromatic rings. The highest BCUT2D eigenvalue weighted by Crippen LogP contribution is 2.46. The van der Waals surface area contributed by atoms with Crippen molar-refractivity contribution in [2.75, 3.05) is 0 Å². The van der Waals surface area contributed by atoms with Crippen molar-refractivity contribution in [3.05, 3.63) is 117 Å². The third kappa shape index (κ3) is 6.13. The molecule has 0 radical (unpaired) electrons. The van der Waals surface area contributed by atoms with Crippen molar-refractivity contribution in [1.82, 2.24) is 4.57 Å². The second-order valence-electron chi connectivity index (χ2n) is 14.5. The maximum atomic E-state index is 4.18. The molecule has 8 rings (SSSR count). The van der Waals surface area contributed by atoms with Crippen LogP contribution < -0.4 is 0 Å². The molecule has 0 saturated heterocycles. The molecule has 7 aromatic carbocycles. The van der Waals surface area contributed by atoms with E-state index in [1.165, 1.54) is 150 Å². The van der Waals surface area contributed by atoms with Crippen molar-refractivity contribution < 1.29 is 0 Å². The van der Waals surface area contributed by atoms with Crippen molar-refractivity contribution in [3.8, 4) is 0 Å². The number of halogens is 2. The van der Waals surface area contributed by atoms with E-state index in [9.17, 15) is 0 Å². The molecule has 0 saturated carbocycles. The molecule has 0 aliphatic rings. The number of aromatic nitrogens is 1. The maximum Gasteiger partial charge on any atom is 0.0491 e. The summed E-state index contributed by atoms with van der Waals surface area (Å²) in [5.74, 6) is 0. The third-order valence-electron chi connectivity index (χ3n) is 11.2. The number of nitrogens with zero attached hydrogens (tertiary/aromatic N) is 1. The Kier molecular flexibility index (Phi) is 9.90. The predicted octanol–water partition coefficient (Wildman–Crippen LogP) is 15.2. The number of unbranched alkanes of at least 4 members (excludes halogenated alkanes) is 6. The van der Waals surface area contributed by atoms with Crippen LogP contribution in [-0.4, -0.2) is 4.57 Å². The average Bonchev–Trinajstić information content (AvgIpc) is 3.44. The minimum absolute atomic E-state index is 0.996. The van der Waals surface area contributed by atoms with Crippen molar-refractivity contribution >= 4 is 96.8 Å². The number of benzene rings is 7. The van der Waals surface area contributed by atoms with Gasteiger partial charge in [0.25, 0.3) is 0 Å². The number of hydrogen-bond donors (Lipinski definition) is 0. The van der Waals surface area contributed by atoms with Gasteiger partial charge in [0.05, 0.1) is 0 Å². The van der Waals surface area contributed by atoms with Gasteiger partial charge in [0, 0.05) is 48.1 Å². The summed E-state index contributed by atoms with van der Waals surface area (Å²) < 4.78 is 5.01. The normalized spacial score (nSPS) is 12.2. The van der Waals surface area contributed by atoms with Crippen LogP contribution >= 0.6 is 31.9 Å². The van der Waals surface area contributed by atoms with Gasteiger partial charge in [0.2, 0.25) is 0 Å². The topological polar surface area (TPSA) is 4.93 Å². The van der Waals surface area contributed by atoms with Gasteiger partial charge in [-0.05, 0) is 140 Å². The van der Waals surface area contributed by atoms with Crippen molar-refractivity contribution in [3.63, 3.8) is 0 Å². The van der Waals surface area contributed by atoms with Gasteiger partial charge >= 0.3 is 0 Å². The van der Waals surface area contributed by atoms with Crippen LogP contribution in [0.1, 0.15) is 88.3 Å². The number of rotatable bonds is 14. The van der Waals surface area contributed by atoms with E-state index in [1.807, 2.05) is 0 Å². The Hall–Kier alpha value is -3.40. The number of aryl methyl sites for hydroxylation is 4. The minimum Gasteiger partial charge on any atom is -0.340 e. The summed E-state index contributed by atoms with van der Waals surface area (Å²) in [6.07, 6.45) is 14.9. The Morgan fingerprint density at radius 3 is 1.72 bits per heavy atom. The fourth-order valence-corrected chi connectivity index (χ4v) is 9.92. The van der Waals surface area contributed by atoms with Gasteiger partial charge in [-0.15, -0.1) is 0 Å². The number of fused-ring (bicyclic) bond motifs is 5. The first-order valence-corrected chi connectivity index (χ1v) is 20.7. The monoisotopic (exact) mass is 783 g/mol. The van der Waals surface area contributed by atoms with E-state index in [-0.39, 0.29) is 0 Å². The van der Waals surface area contributed by atoms with E-state index in [1.54, 1.807) is 0 Å². The van der Waals surface area contributed by atoms with E-state index < -0.39 is 0 Å². The van der Waals surface area contributed by atoms with Crippen molar-refractivity contribution in [1.29, 1.82) is 0 Å². The average molecular weight is 786 g/mol. The molecule has 50 heavy (non-hydrogen) atoms. The lowest BCUT2D eigenvalue weighted by molar-refractivity contribution is 0.666. The Balaban J connectivity index is 1.15. The fourth-order valence-electron chi connectivity index (χ4n) is 8.65. The zero-order valence-corrected chi connectivity index (χ0v) is 32.7. The Bertz CT molecular complexity index is 2390. The van der Waals surface area contributed by atoms with E-state index >= 15 is 0 Å². The van der Waals surface area contributed by atoms with Gasteiger partial charge in [-0.25, -0.2) is 0 Å². The van der Waals surface area contributed by atoms with Gasteiger partial charge < -0.3 is 4.57 Å². The van der Waals surface area contributed by atoms with Crippen LogP contribution in [0.2, 0.25) is 0 Å². The lowest BCUT2D eigenvalue weighted by atomic mass is 9.88.